The summed E-state index contributed by atoms with van der Waals surface area (Å²) in [4.78, 5) is 20.3. The molecule has 2 rings (SSSR count). The van der Waals surface area contributed by atoms with Crippen LogP contribution in [0.25, 0.3) is 0 Å². The van der Waals surface area contributed by atoms with Gasteiger partial charge in [-0.3, -0.25) is 0 Å². The number of carbonyl (C=O) groups is 1. The lowest BCUT2D eigenvalue weighted by Gasteiger charge is -2.41. The van der Waals surface area contributed by atoms with E-state index in [1.165, 1.54) is 0 Å². The first kappa shape index (κ1) is 17.7. The van der Waals surface area contributed by atoms with Crippen LogP contribution < -0.4 is 9.64 Å². The van der Waals surface area contributed by atoms with Crippen LogP contribution >= 0.6 is 11.6 Å². The van der Waals surface area contributed by atoms with E-state index in [0.717, 1.165) is 5.69 Å². The number of rotatable bonds is 2. The molecule has 0 aromatic carbocycles. The van der Waals surface area contributed by atoms with Crippen LogP contribution in [-0.2, 0) is 4.74 Å². The second kappa shape index (κ2) is 6.83. The quantitative estimate of drug-likeness (QED) is 0.826. The molecule has 1 aliphatic rings. The average molecular weight is 342 g/mol. The summed E-state index contributed by atoms with van der Waals surface area (Å²) in [6.45, 7) is 9.54. The number of nitrogens with zero attached hydrogens (tertiary/aromatic N) is 3. The highest BCUT2D eigenvalue weighted by Gasteiger charge is 2.31. The molecule has 0 aliphatic carbocycles. The molecule has 1 aliphatic heterocycles. The lowest BCUT2D eigenvalue weighted by atomic mass is 10.1. The van der Waals surface area contributed by atoms with Crippen molar-refractivity contribution in [3.05, 3.63) is 17.3 Å². The highest BCUT2D eigenvalue weighted by molar-refractivity contribution is 6.33. The summed E-state index contributed by atoms with van der Waals surface area (Å²) in [5, 5.41) is 0.592. The Morgan fingerprint density at radius 3 is 2.61 bits per heavy atom. The number of anilines is 1. The van der Waals surface area contributed by atoms with Crippen LogP contribution in [0.4, 0.5) is 10.5 Å². The molecule has 7 heteroatoms. The van der Waals surface area contributed by atoms with E-state index in [2.05, 4.69) is 9.88 Å². The monoisotopic (exact) mass is 341 g/mol. The van der Waals surface area contributed by atoms with Gasteiger partial charge in [0, 0.05) is 31.7 Å². The molecular weight excluding hydrogens is 318 g/mol. The summed E-state index contributed by atoms with van der Waals surface area (Å²) in [5.41, 5.74) is 0.361. The SMILES string of the molecule is COc1cc(Cl)c(N2CCN(C(=O)OC(C)(C)C)[C@@H](C)C2)cn1. The van der Waals surface area contributed by atoms with E-state index in [4.69, 9.17) is 21.1 Å². The third kappa shape index (κ3) is 4.41. The molecule has 2 heterocycles. The van der Waals surface area contributed by atoms with Gasteiger partial charge < -0.3 is 19.3 Å². The minimum Gasteiger partial charge on any atom is -0.481 e. The van der Waals surface area contributed by atoms with E-state index in [0.29, 0.717) is 30.5 Å². The second-order valence-electron chi connectivity index (χ2n) is 6.65. The van der Waals surface area contributed by atoms with Crippen LogP contribution in [0.1, 0.15) is 27.7 Å². The van der Waals surface area contributed by atoms with Gasteiger partial charge in [-0.1, -0.05) is 11.6 Å². The fourth-order valence-electron chi connectivity index (χ4n) is 2.52. The third-order valence-electron chi connectivity index (χ3n) is 3.61. The van der Waals surface area contributed by atoms with Gasteiger partial charge in [-0.15, -0.1) is 0 Å². The Morgan fingerprint density at radius 2 is 2.09 bits per heavy atom. The second-order valence-corrected chi connectivity index (χ2v) is 7.05. The van der Waals surface area contributed by atoms with E-state index >= 15 is 0 Å². The van der Waals surface area contributed by atoms with E-state index in [-0.39, 0.29) is 12.1 Å². The summed E-state index contributed by atoms with van der Waals surface area (Å²) >= 11 is 6.31. The predicted molar refractivity (Wildman–Crippen MR) is 90.4 cm³/mol. The number of hydrogen-bond acceptors (Lipinski definition) is 5. The van der Waals surface area contributed by atoms with Crippen molar-refractivity contribution in [2.24, 2.45) is 0 Å². The fourth-order valence-corrected chi connectivity index (χ4v) is 2.78. The number of halogens is 1. The molecule has 1 aromatic rings. The van der Waals surface area contributed by atoms with Gasteiger partial charge in [0.25, 0.3) is 0 Å². The van der Waals surface area contributed by atoms with Crippen LogP contribution in [-0.4, -0.2) is 54.4 Å². The molecule has 1 aromatic heterocycles. The van der Waals surface area contributed by atoms with Crippen molar-refractivity contribution < 1.29 is 14.3 Å². The average Bonchev–Trinajstić information content (AvgIpc) is 2.44. The molecule has 0 radical (unpaired) electrons. The minimum absolute atomic E-state index is 0.0248. The van der Waals surface area contributed by atoms with Crippen molar-refractivity contribution in [2.45, 2.75) is 39.3 Å². The molecule has 1 amide bonds. The van der Waals surface area contributed by atoms with Gasteiger partial charge in [-0.2, -0.15) is 0 Å². The van der Waals surface area contributed by atoms with Gasteiger partial charge in [0.1, 0.15) is 5.60 Å². The van der Waals surface area contributed by atoms with Gasteiger partial charge in [-0.25, -0.2) is 9.78 Å². The first-order chi connectivity index (χ1) is 10.7. The van der Waals surface area contributed by atoms with Crippen molar-refractivity contribution in [2.75, 3.05) is 31.6 Å². The molecule has 1 saturated heterocycles. The Balaban J connectivity index is 2.05. The Hall–Kier alpha value is -1.69. The topological polar surface area (TPSA) is 54.9 Å². The maximum Gasteiger partial charge on any atom is 0.410 e. The zero-order valence-corrected chi connectivity index (χ0v) is 15.1. The number of ether oxygens (including phenoxy) is 2. The van der Waals surface area contributed by atoms with Gasteiger partial charge in [0.05, 0.1) is 24.0 Å². The third-order valence-corrected chi connectivity index (χ3v) is 3.92. The molecular formula is C16H24ClN3O3. The molecule has 0 saturated carbocycles. The predicted octanol–water partition coefficient (Wildman–Crippen LogP) is 3.19. The van der Waals surface area contributed by atoms with Crippen molar-refractivity contribution >= 4 is 23.4 Å². The van der Waals surface area contributed by atoms with Crippen LogP contribution in [0, 0.1) is 0 Å². The van der Waals surface area contributed by atoms with Crippen LogP contribution in [0.3, 0.4) is 0 Å². The van der Waals surface area contributed by atoms with Crippen LogP contribution in [0.2, 0.25) is 5.02 Å². The Bertz CT molecular complexity index is 574. The highest BCUT2D eigenvalue weighted by Crippen LogP contribution is 2.29. The lowest BCUT2D eigenvalue weighted by Crippen LogP contribution is -2.55. The van der Waals surface area contributed by atoms with Gasteiger partial charge in [0.15, 0.2) is 0 Å². The zero-order chi connectivity index (χ0) is 17.2. The van der Waals surface area contributed by atoms with Gasteiger partial charge >= 0.3 is 6.09 Å². The minimum atomic E-state index is -0.489. The van der Waals surface area contributed by atoms with E-state index < -0.39 is 5.60 Å². The molecule has 0 N–H and O–H groups in total. The standard InChI is InChI=1S/C16H24ClN3O3/c1-11-10-19(13-9-18-14(22-5)8-12(13)17)6-7-20(11)15(21)23-16(2,3)4/h8-9,11H,6-7,10H2,1-5H3/t11-/m0/s1. The van der Waals surface area contributed by atoms with E-state index in [9.17, 15) is 4.79 Å². The molecule has 0 spiro atoms. The highest BCUT2D eigenvalue weighted by atomic mass is 35.5. The Kier molecular flexibility index (Phi) is 5.24. The summed E-state index contributed by atoms with van der Waals surface area (Å²) < 4.78 is 10.5. The summed E-state index contributed by atoms with van der Waals surface area (Å²) in [7, 11) is 1.56. The van der Waals surface area contributed by atoms with Crippen molar-refractivity contribution in [1.82, 2.24) is 9.88 Å². The number of pyridine rings is 1. The molecule has 23 heavy (non-hydrogen) atoms. The number of carbonyl (C=O) groups excluding carboxylic acids is 1. The number of methoxy groups -OCH3 is 1. The fraction of sp³-hybridized carbons (Fsp3) is 0.625. The molecule has 6 nitrogen and oxygen atoms in total. The molecule has 0 bridgehead atoms. The summed E-state index contributed by atoms with van der Waals surface area (Å²) in [6, 6.07) is 1.72. The molecule has 128 valence electrons. The molecule has 1 atom stereocenters. The van der Waals surface area contributed by atoms with Crippen molar-refractivity contribution in [1.29, 1.82) is 0 Å². The normalized spacial score (nSPS) is 18.8. The van der Waals surface area contributed by atoms with E-state index in [1.807, 2.05) is 27.7 Å². The van der Waals surface area contributed by atoms with E-state index in [1.54, 1.807) is 24.3 Å². The maximum absolute atomic E-state index is 12.2. The first-order valence-corrected chi connectivity index (χ1v) is 8.03. The maximum atomic E-state index is 12.2. The number of hydrogen-bond donors (Lipinski definition) is 0. The first-order valence-electron chi connectivity index (χ1n) is 7.65. The van der Waals surface area contributed by atoms with Crippen LogP contribution in [0.15, 0.2) is 12.3 Å². The summed E-state index contributed by atoms with van der Waals surface area (Å²) in [5.74, 6) is 0.485. The molecule has 1 fully saturated rings. The molecule has 0 unspecified atom stereocenters. The Labute approximate surface area is 142 Å². The van der Waals surface area contributed by atoms with Crippen LogP contribution in [0.5, 0.6) is 5.88 Å². The largest absolute Gasteiger partial charge is 0.481 e. The Morgan fingerprint density at radius 1 is 1.39 bits per heavy atom. The summed E-state index contributed by atoms with van der Waals surface area (Å²) in [6.07, 6.45) is 1.43. The number of amides is 1. The van der Waals surface area contributed by atoms with Crippen molar-refractivity contribution in [3.8, 4) is 5.88 Å². The number of piperazine rings is 1. The number of aromatic nitrogens is 1. The smallest absolute Gasteiger partial charge is 0.410 e. The van der Waals surface area contributed by atoms with Gasteiger partial charge in [-0.05, 0) is 27.7 Å². The lowest BCUT2D eigenvalue weighted by molar-refractivity contribution is 0.0159. The van der Waals surface area contributed by atoms with Crippen molar-refractivity contribution in [3.63, 3.8) is 0 Å². The zero-order valence-electron chi connectivity index (χ0n) is 14.3. The van der Waals surface area contributed by atoms with Gasteiger partial charge in [0.2, 0.25) is 5.88 Å².